The molecule has 126 valence electrons. The largest absolute Gasteiger partial charge is 0.545 e. The molecule has 1 fully saturated rings. The van der Waals surface area contributed by atoms with E-state index in [1.54, 1.807) is 4.90 Å². The second kappa shape index (κ2) is 6.13. The number of rotatable bonds is 2. The summed E-state index contributed by atoms with van der Waals surface area (Å²) < 4.78 is 5.74. The molecule has 0 radical (unpaired) electrons. The average Bonchev–Trinajstić information content (AvgIpc) is 2.84. The monoisotopic (exact) mass is 337 g/mol. The maximum absolute atomic E-state index is 12.4. The maximum Gasteiger partial charge on any atom is 0.322 e. The molecule has 0 atom stereocenters. The van der Waals surface area contributed by atoms with Gasteiger partial charge in [0.25, 0.3) is 0 Å². The van der Waals surface area contributed by atoms with E-state index in [1.807, 2.05) is 13.8 Å². The first-order chi connectivity index (χ1) is 10.9. The van der Waals surface area contributed by atoms with Gasteiger partial charge in [0, 0.05) is 30.0 Å². The van der Waals surface area contributed by atoms with Crippen LogP contribution in [0.15, 0.2) is 0 Å². The minimum atomic E-state index is -1.24. The highest BCUT2D eigenvalue weighted by atomic mass is 32.1. The zero-order chi connectivity index (χ0) is 16.6. The summed E-state index contributed by atoms with van der Waals surface area (Å²) in [6.45, 7) is 5.66. The summed E-state index contributed by atoms with van der Waals surface area (Å²) in [5.74, 6) is -1.24. The molecular formula is C16H21N2O4S-. The van der Waals surface area contributed by atoms with Crippen LogP contribution in [0, 0.1) is 0 Å². The Balaban J connectivity index is 1.86. The first kappa shape index (κ1) is 16.3. The number of ether oxygens (including phenoxy) is 1. The smallest absolute Gasteiger partial charge is 0.322 e. The predicted octanol–water partition coefficient (Wildman–Crippen LogP) is 1.98. The number of fused-ring (bicyclic) bond motifs is 1. The summed E-state index contributed by atoms with van der Waals surface area (Å²) in [7, 11) is 0. The minimum Gasteiger partial charge on any atom is -0.545 e. The number of urea groups is 1. The van der Waals surface area contributed by atoms with E-state index in [0.717, 1.165) is 29.7 Å². The van der Waals surface area contributed by atoms with E-state index in [0.29, 0.717) is 31.1 Å². The first-order valence-corrected chi connectivity index (χ1v) is 8.75. The molecule has 2 aliphatic rings. The molecular weight excluding hydrogens is 316 g/mol. The Kier molecular flexibility index (Phi) is 4.33. The van der Waals surface area contributed by atoms with Gasteiger partial charge in [-0.15, -0.1) is 11.3 Å². The van der Waals surface area contributed by atoms with Crippen molar-refractivity contribution in [2.24, 2.45) is 0 Å². The lowest BCUT2D eigenvalue weighted by Crippen LogP contribution is -2.39. The molecule has 1 saturated heterocycles. The number of carbonyl (C=O) groups excluding carboxylic acids is 2. The third-order valence-electron chi connectivity index (χ3n) is 4.36. The van der Waals surface area contributed by atoms with Gasteiger partial charge in [0.1, 0.15) is 5.00 Å². The molecule has 0 saturated carbocycles. The number of hydrogen-bond acceptors (Lipinski definition) is 5. The topological polar surface area (TPSA) is 81.7 Å². The van der Waals surface area contributed by atoms with E-state index in [2.05, 4.69) is 5.32 Å². The number of carboxylic acids is 1. The molecule has 23 heavy (non-hydrogen) atoms. The van der Waals surface area contributed by atoms with Crippen LogP contribution < -0.4 is 10.4 Å². The van der Waals surface area contributed by atoms with E-state index in [4.69, 9.17) is 4.74 Å². The number of amides is 2. The Hall–Kier alpha value is -1.60. The van der Waals surface area contributed by atoms with E-state index in [1.165, 1.54) is 11.3 Å². The Morgan fingerprint density at radius 3 is 2.61 bits per heavy atom. The highest BCUT2D eigenvalue weighted by molar-refractivity contribution is 7.16. The molecule has 1 aromatic heterocycles. The van der Waals surface area contributed by atoms with Crippen molar-refractivity contribution >= 4 is 28.3 Å². The number of carboxylic acid groups (broad SMARTS) is 1. The van der Waals surface area contributed by atoms with E-state index in [9.17, 15) is 14.7 Å². The highest BCUT2D eigenvalue weighted by Crippen LogP contribution is 2.40. The fraction of sp³-hybridized carbons (Fsp3) is 0.625. The molecule has 3 rings (SSSR count). The van der Waals surface area contributed by atoms with Gasteiger partial charge in [-0.2, -0.15) is 0 Å². The van der Waals surface area contributed by atoms with Crippen LogP contribution in [0.1, 0.15) is 53.9 Å². The standard InChI is InChI=1S/C16H22N2O4S/c1-16(2)8-10-11(9-22-16)23-13(12(10)14(19)20)17-15(21)18-6-4-3-5-7-18/h3-9H2,1-2H3,(H,17,21)(H,19,20)/p-1. The van der Waals surface area contributed by atoms with Gasteiger partial charge >= 0.3 is 6.03 Å². The lowest BCUT2D eigenvalue weighted by Gasteiger charge is -2.30. The molecule has 7 heteroatoms. The molecule has 1 N–H and O–H groups in total. The van der Waals surface area contributed by atoms with Crippen molar-refractivity contribution in [1.82, 2.24) is 4.90 Å². The Labute approximate surface area is 139 Å². The van der Waals surface area contributed by atoms with Crippen molar-refractivity contribution in [3.63, 3.8) is 0 Å². The van der Waals surface area contributed by atoms with Crippen LogP contribution in [0.3, 0.4) is 0 Å². The Morgan fingerprint density at radius 2 is 1.96 bits per heavy atom. The van der Waals surface area contributed by atoms with Gasteiger partial charge in [-0.05, 0) is 38.7 Å². The van der Waals surface area contributed by atoms with E-state index >= 15 is 0 Å². The van der Waals surface area contributed by atoms with Crippen molar-refractivity contribution in [2.45, 2.75) is 51.7 Å². The third-order valence-corrected chi connectivity index (χ3v) is 5.48. The number of hydrogen-bond donors (Lipinski definition) is 1. The van der Waals surface area contributed by atoms with Crippen molar-refractivity contribution < 1.29 is 19.4 Å². The summed E-state index contributed by atoms with van der Waals surface area (Å²) in [5.41, 5.74) is 0.443. The zero-order valence-corrected chi connectivity index (χ0v) is 14.3. The van der Waals surface area contributed by atoms with E-state index in [-0.39, 0.29) is 11.6 Å². The fourth-order valence-corrected chi connectivity index (χ4v) is 4.24. The fourth-order valence-electron chi connectivity index (χ4n) is 3.13. The number of carbonyl (C=O) groups is 2. The van der Waals surface area contributed by atoms with E-state index < -0.39 is 11.6 Å². The molecule has 0 unspecified atom stereocenters. The van der Waals surface area contributed by atoms with Crippen LogP contribution in [-0.4, -0.2) is 35.6 Å². The van der Waals surface area contributed by atoms with Crippen LogP contribution in [0.25, 0.3) is 0 Å². The number of anilines is 1. The normalized spacial score (nSPS) is 20.0. The molecule has 3 heterocycles. The first-order valence-electron chi connectivity index (χ1n) is 7.93. The van der Waals surface area contributed by atoms with Gasteiger partial charge < -0.3 is 19.5 Å². The molecule has 0 aliphatic carbocycles. The number of piperidine rings is 1. The van der Waals surface area contributed by atoms with Gasteiger partial charge in [0.05, 0.1) is 18.2 Å². The second-order valence-electron chi connectivity index (χ2n) is 6.70. The summed E-state index contributed by atoms with van der Waals surface area (Å²) >= 11 is 1.28. The Bertz CT molecular complexity index is 632. The van der Waals surface area contributed by atoms with Crippen molar-refractivity contribution in [3.05, 3.63) is 16.0 Å². The average molecular weight is 337 g/mol. The van der Waals surface area contributed by atoms with Gasteiger partial charge in [-0.25, -0.2) is 4.79 Å². The van der Waals surface area contributed by atoms with Crippen LogP contribution in [-0.2, 0) is 17.8 Å². The quantitative estimate of drug-likeness (QED) is 0.895. The summed E-state index contributed by atoms with van der Waals surface area (Å²) in [6, 6.07) is -0.231. The van der Waals surface area contributed by atoms with Crippen LogP contribution in [0.4, 0.5) is 9.80 Å². The molecule has 0 aromatic carbocycles. The van der Waals surface area contributed by atoms with Crippen molar-refractivity contribution in [2.75, 3.05) is 18.4 Å². The molecule has 2 aliphatic heterocycles. The molecule has 2 amide bonds. The summed E-state index contributed by atoms with van der Waals surface area (Å²) in [6.07, 6.45) is 3.61. The van der Waals surface area contributed by atoms with Gasteiger partial charge in [0.15, 0.2) is 0 Å². The number of thiophene rings is 1. The predicted molar refractivity (Wildman–Crippen MR) is 85.7 cm³/mol. The van der Waals surface area contributed by atoms with Gasteiger partial charge in [-0.3, -0.25) is 5.32 Å². The number of aromatic carboxylic acids is 1. The SMILES string of the molecule is CC1(C)Cc2c(sc(NC(=O)N3CCCCC3)c2C(=O)[O-])CO1. The third kappa shape index (κ3) is 3.35. The summed E-state index contributed by atoms with van der Waals surface area (Å²) in [5, 5.41) is 14.8. The van der Waals surface area contributed by atoms with Gasteiger partial charge in [0.2, 0.25) is 0 Å². The van der Waals surface area contributed by atoms with Gasteiger partial charge in [-0.1, -0.05) is 0 Å². The lowest BCUT2D eigenvalue weighted by atomic mass is 9.93. The minimum absolute atomic E-state index is 0.117. The van der Waals surface area contributed by atoms with Crippen LogP contribution >= 0.6 is 11.3 Å². The number of nitrogens with zero attached hydrogens (tertiary/aromatic N) is 1. The molecule has 1 aromatic rings. The highest BCUT2D eigenvalue weighted by Gasteiger charge is 2.32. The van der Waals surface area contributed by atoms with Crippen molar-refractivity contribution in [1.29, 1.82) is 0 Å². The maximum atomic E-state index is 12.4. The lowest BCUT2D eigenvalue weighted by molar-refractivity contribution is -0.255. The summed E-state index contributed by atoms with van der Waals surface area (Å²) in [4.78, 5) is 26.6. The Morgan fingerprint density at radius 1 is 1.26 bits per heavy atom. The molecule has 6 nitrogen and oxygen atoms in total. The number of likely N-dealkylation sites (tertiary alicyclic amines) is 1. The second-order valence-corrected chi connectivity index (χ2v) is 7.80. The van der Waals surface area contributed by atoms with Crippen LogP contribution in [0.5, 0.6) is 0 Å². The van der Waals surface area contributed by atoms with Crippen molar-refractivity contribution in [3.8, 4) is 0 Å². The zero-order valence-electron chi connectivity index (χ0n) is 13.4. The molecule has 0 spiro atoms. The number of nitrogens with one attached hydrogen (secondary N) is 1. The van der Waals surface area contributed by atoms with Crippen LogP contribution in [0.2, 0.25) is 0 Å². The molecule has 0 bridgehead atoms.